The number of nitrogens with one attached hydrogen (secondary N) is 4. The quantitative estimate of drug-likeness (QED) is 0.548. The number of amides is 3. The Kier molecular flexibility index (Phi) is 5.86. The Morgan fingerprint density at radius 1 is 0.857 bits per heavy atom. The Labute approximate surface area is 161 Å². The molecule has 1 atom stereocenters. The van der Waals surface area contributed by atoms with Crippen molar-refractivity contribution < 1.29 is 9.59 Å². The maximum absolute atomic E-state index is 12.2. The van der Waals surface area contributed by atoms with Gasteiger partial charge in [-0.05, 0) is 48.9 Å². The summed E-state index contributed by atoms with van der Waals surface area (Å²) in [7, 11) is 0. The molecule has 0 aliphatic rings. The first-order valence-electron chi connectivity index (χ1n) is 8.74. The van der Waals surface area contributed by atoms with E-state index in [1.807, 2.05) is 25.1 Å². The Morgan fingerprint density at radius 2 is 1.50 bits per heavy atom. The van der Waals surface area contributed by atoms with E-state index in [4.69, 9.17) is 0 Å². The molecule has 0 aliphatic carbocycles. The molecule has 28 heavy (non-hydrogen) atoms. The molecule has 1 heterocycles. The molecule has 0 aliphatic heterocycles. The van der Waals surface area contributed by atoms with Crippen LogP contribution in [0.1, 0.15) is 28.9 Å². The number of benzene rings is 2. The van der Waals surface area contributed by atoms with Gasteiger partial charge in [0.15, 0.2) is 0 Å². The second kappa shape index (κ2) is 8.68. The van der Waals surface area contributed by atoms with E-state index in [-0.39, 0.29) is 17.6 Å². The van der Waals surface area contributed by atoms with Crippen molar-refractivity contribution in [3.63, 3.8) is 0 Å². The number of carbonyl (C=O) groups excluding carboxylic acids is 2. The molecule has 1 unspecified atom stereocenters. The zero-order chi connectivity index (χ0) is 19.9. The van der Waals surface area contributed by atoms with Gasteiger partial charge in [0.1, 0.15) is 5.56 Å². The second-order valence-electron chi connectivity index (χ2n) is 6.18. The van der Waals surface area contributed by atoms with Crippen LogP contribution >= 0.6 is 0 Å². The zero-order valence-electron chi connectivity index (χ0n) is 15.2. The first-order chi connectivity index (χ1) is 13.5. The zero-order valence-corrected chi connectivity index (χ0v) is 15.2. The maximum atomic E-state index is 12.2. The number of anilines is 2. The van der Waals surface area contributed by atoms with E-state index in [0.717, 1.165) is 5.56 Å². The van der Waals surface area contributed by atoms with E-state index >= 15 is 0 Å². The normalized spacial score (nSPS) is 11.3. The molecular formula is C21H20N4O3. The molecular weight excluding hydrogens is 356 g/mol. The van der Waals surface area contributed by atoms with Crippen LogP contribution in [-0.2, 0) is 0 Å². The number of hydrogen-bond donors (Lipinski definition) is 4. The van der Waals surface area contributed by atoms with Crippen LogP contribution in [0.25, 0.3) is 0 Å². The summed E-state index contributed by atoms with van der Waals surface area (Å²) < 4.78 is 0. The average molecular weight is 376 g/mol. The van der Waals surface area contributed by atoms with Gasteiger partial charge in [-0.15, -0.1) is 0 Å². The van der Waals surface area contributed by atoms with E-state index in [1.165, 1.54) is 12.3 Å². The Bertz CT molecular complexity index is 1010. The number of para-hydroxylation sites is 1. The summed E-state index contributed by atoms with van der Waals surface area (Å²) in [6.45, 7) is 1.82. The lowest BCUT2D eigenvalue weighted by Gasteiger charge is -2.15. The third-order valence-electron chi connectivity index (χ3n) is 4.11. The predicted molar refractivity (Wildman–Crippen MR) is 108 cm³/mol. The minimum atomic E-state index is -0.446. The molecule has 3 aromatic rings. The number of carbonyl (C=O) groups is 2. The van der Waals surface area contributed by atoms with Gasteiger partial charge in [-0.1, -0.05) is 30.3 Å². The van der Waals surface area contributed by atoms with Crippen LogP contribution in [-0.4, -0.2) is 16.9 Å². The predicted octanol–water partition coefficient (Wildman–Crippen LogP) is 3.51. The van der Waals surface area contributed by atoms with Crippen molar-refractivity contribution in [3.8, 4) is 0 Å². The highest BCUT2D eigenvalue weighted by Crippen LogP contribution is 2.17. The standard InChI is InChI=1S/C21H20N4O3/c1-14(23-20(27)18-8-5-13-22-19(18)26)15-9-11-17(12-10-15)25-21(28)24-16-6-3-2-4-7-16/h2-14H,1H3,(H,22,26)(H,23,27)(H2,24,25,28). The maximum Gasteiger partial charge on any atom is 0.323 e. The number of pyridine rings is 1. The molecule has 0 fully saturated rings. The average Bonchev–Trinajstić information content (AvgIpc) is 2.69. The van der Waals surface area contributed by atoms with Crippen LogP contribution in [0.3, 0.4) is 0 Å². The Morgan fingerprint density at radius 3 is 2.14 bits per heavy atom. The van der Waals surface area contributed by atoms with Crippen LogP contribution < -0.4 is 21.5 Å². The number of H-pyrrole nitrogens is 1. The molecule has 0 bridgehead atoms. The lowest BCUT2D eigenvalue weighted by atomic mass is 10.1. The highest BCUT2D eigenvalue weighted by Gasteiger charge is 2.14. The molecule has 4 N–H and O–H groups in total. The Hall–Kier alpha value is -3.87. The fraction of sp³-hybridized carbons (Fsp3) is 0.0952. The van der Waals surface area contributed by atoms with Crippen LogP contribution in [0.15, 0.2) is 77.7 Å². The SMILES string of the molecule is CC(NC(=O)c1ccc[nH]c1=O)c1ccc(NC(=O)Nc2ccccc2)cc1. The smallest absolute Gasteiger partial charge is 0.323 e. The first kappa shape index (κ1) is 18.9. The summed E-state index contributed by atoms with van der Waals surface area (Å²) in [5.41, 5.74) is 1.79. The minimum Gasteiger partial charge on any atom is -0.345 e. The van der Waals surface area contributed by atoms with Crippen molar-refractivity contribution in [2.45, 2.75) is 13.0 Å². The third kappa shape index (κ3) is 4.85. The molecule has 142 valence electrons. The second-order valence-corrected chi connectivity index (χ2v) is 6.18. The third-order valence-corrected chi connectivity index (χ3v) is 4.11. The number of urea groups is 1. The summed E-state index contributed by atoms with van der Waals surface area (Å²) >= 11 is 0. The van der Waals surface area contributed by atoms with Crippen LogP contribution in [0.2, 0.25) is 0 Å². The van der Waals surface area contributed by atoms with Crippen molar-refractivity contribution in [1.29, 1.82) is 0 Å². The van der Waals surface area contributed by atoms with Crippen molar-refractivity contribution in [2.75, 3.05) is 10.6 Å². The van der Waals surface area contributed by atoms with E-state index in [2.05, 4.69) is 20.9 Å². The minimum absolute atomic E-state index is 0.0604. The van der Waals surface area contributed by atoms with E-state index in [0.29, 0.717) is 11.4 Å². The van der Waals surface area contributed by atoms with Gasteiger partial charge in [0.25, 0.3) is 11.5 Å². The van der Waals surface area contributed by atoms with Gasteiger partial charge in [-0.25, -0.2) is 4.79 Å². The van der Waals surface area contributed by atoms with Crippen molar-refractivity contribution >= 4 is 23.3 Å². The fourth-order valence-corrected chi connectivity index (χ4v) is 2.63. The van der Waals surface area contributed by atoms with Crippen LogP contribution in [0, 0.1) is 0 Å². The molecule has 3 amide bonds. The Balaban J connectivity index is 1.59. The molecule has 0 saturated carbocycles. The lowest BCUT2D eigenvalue weighted by molar-refractivity contribution is 0.0938. The van der Waals surface area contributed by atoms with Gasteiger partial charge in [0.05, 0.1) is 6.04 Å². The topological polar surface area (TPSA) is 103 Å². The van der Waals surface area contributed by atoms with Gasteiger partial charge in [0, 0.05) is 17.6 Å². The molecule has 7 nitrogen and oxygen atoms in total. The number of aromatic amines is 1. The van der Waals surface area contributed by atoms with Crippen molar-refractivity contribution in [2.24, 2.45) is 0 Å². The van der Waals surface area contributed by atoms with Gasteiger partial charge in [-0.3, -0.25) is 9.59 Å². The van der Waals surface area contributed by atoms with Crippen molar-refractivity contribution in [3.05, 3.63) is 94.4 Å². The molecule has 7 heteroatoms. The number of hydrogen-bond acceptors (Lipinski definition) is 3. The molecule has 0 spiro atoms. The largest absolute Gasteiger partial charge is 0.345 e. The number of aromatic nitrogens is 1. The van der Waals surface area contributed by atoms with E-state index in [1.54, 1.807) is 42.5 Å². The van der Waals surface area contributed by atoms with Gasteiger partial charge < -0.3 is 20.9 Å². The lowest BCUT2D eigenvalue weighted by Crippen LogP contribution is -2.31. The van der Waals surface area contributed by atoms with Crippen molar-refractivity contribution in [1.82, 2.24) is 10.3 Å². The summed E-state index contributed by atoms with van der Waals surface area (Å²) in [5, 5.41) is 8.27. The molecule has 3 rings (SSSR count). The molecule has 0 saturated heterocycles. The summed E-state index contributed by atoms with van der Waals surface area (Å²) in [5.74, 6) is -0.446. The van der Waals surface area contributed by atoms with Crippen LogP contribution in [0.4, 0.5) is 16.2 Å². The van der Waals surface area contributed by atoms with Gasteiger partial charge in [-0.2, -0.15) is 0 Å². The monoisotopic (exact) mass is 376 g/mol. The highest BCUT2D eigenvalue weighted by atomic mass is 16.2. The first-order valence-corrected chi connectivity index (χ1v) is 8.74. The summed E-state index contributed by atoms with van der Waals surface area (Å²) in [6.07, 6.45) is 1.47. The highest BCUT2D eigenvalue weighted by molar-refractivity contribution is 5.99. The van der Waals surface area contributed by atoms with Gasteiger partial charge in [0.2, 0.25) is 0 Å². The summed E-state index contributed by atoms with van der Waals surface area (Å²) in [6, 6.07) is 18.7. The van der Waals surface area contributed by atoms with E-state index < -0.39 is 11.5 Å². The van der Waals surface area contributed by atoms with Gasteiger partial charge >= 0.3 is 6.03 Å². The summed E-state index contributed by atoms with van der Waals surface area (Å²) in [4.78, 5) is 38.4. The molecule has 0 radical (unpaired) electrons. The number of rotatable bonds is 5. The van der Waals surface area contributed by atoms with E-state index in [9.17, 15) is 14.4 Å². The van der Waals surface area contributed by atoms with Crippen LogP contribution in [0.5, 0.6) is 0 Å². The molecule has 2 aromatic carbocycles. The molecule has 1 aromatic heterocycles. The fourth-order valence-electron chi connectivity index (χ4n) is 2.63.